The molecular weight excluding hydrogens is 244 g/mol. The molecule has 0 saturated carbocycles. The van der Waals surface area contributed by atoms with Crippen LogP contribution in [0.4, 0.5) is 0 Å². The van der Waals surface area contributed by atoms with Crippen molar-refractivity contribution in [3.05, 3.63) is 46.6 Å². The molecular formula is C14H16N2O3. The summed E-state index contributed by atoms with van der Waals surface area (Å²) in [6.45, 7) is 4.09. The number of carboxylic acid groups (broad SMARTS) is 1. The molecule has 1 aromatic heterocycles. The van der Waals surface area contributed by atoms with Crippen molar-refractivity contribution in [1.82, 2.24) is 10.1 Å². The van der Waals surface area contributed by atoms with Crippen molar-refractivity contribution >= 4 is 5.97 Å². The molecule has 0 unspecified atom stereocenters. The molecule has 5 nitrogen and oxygen atoms in total. The van der Waals surface area contributed by atoms with Crippen molar-refractivity contribution in [1.29, 1.82) is 0 Å². The van der Waals surface area contributed by atoms with Crippen LogP contribution in [0.15, 0.2) is 22.7 Å². The quantitative estimate of drug-likeness (QED) is 0.892. The van der Waals surface area contributed by atoms with Crippen LogP contribution in [0.5, 0.6) is 0 Å². The normalized spacial score (nSPS) is 10.6. The molecule has 0 amide bonds. The lowest BCUT2D eigenvalue weighted by molar-refractivity contribution is -0.137. The molecule has 0 fully saturated rings. The minimum atomic E-state index is -0.867. The van der Waals surface area contributed by atoms with E-state index in [1.54, 1.807) is 0 Å². The summed E-state index contributed by atoms with van der Waals surface area (Å²) in [5.74, 6) is 0.0984. The van der Waals surface area contributed by atoms with E-state index >= 15 is 0 Å². The molecule has 2 rings (SSSR count). The monoisotopic (exact) mass is 260 g/mol. The zero-order valence-corrected chi connectivity index (χ0v) is 11.0. The predicted octanol–water partition coefficient (Wildman–Crippen LogP) is 2.29. The number of benzene rings is 1. The second kappa shape index (κ2) is 5.65. The minimum absolute atomic E-state index is 0.00515. The average Bonchev–Trinajstić information content (AvgIpc) is 2.72. The van der Waals surface area contributed by atoms with E-state index in [2.05, 4.69) is 28.3 Å². The highest BCUT2D eigenvalue weighted by atomic mass is 16.5. The summed E-state index contributed by atoms with van der Waals surface area (Å²) in [6, 6.07) is 6.28. The fourth-order valence-electron chi connectivity index (χ4n) is 2.03. The minimum Gasteiger partial charge on any atom is -0.481 e. The zero-order valence-electron chi connectivity index (χ0n) is 11.0. The van der Waals surface area contributed by atoms with Crippen molar-refractivity contribution in [3.8, 4) is 0 Å². The lowest BCUT2D eigenvalue weighted by atomic mass is 10.1. The van der Waals surface area contributed by atoms with Crippen LogP contribution in [0.1, 0.15) is 34.8 Å². The van der Waals surface area contributed by atoms with Gasteiger partial charge in [-0.3, -0.25) is 4.79 Å². The Morgan fingerprint density at radius 2 is 1.95 bits per heavy atom. The second-order valence-electron chi connectivity index (χ2n) is 4.67. The third kappa shape index (κ3) is 3.91. The van der Waals surface area contributed by atoms with E-state index in [0.29, 0.717) is 18.1 Å². The molecule has 2 aromatic rings. The molecule has 0 spiro atoms. The number of aliphatic carboxylic acids is 1. The van der Waals surface area contributed by atoms with Gasteiger partial charge < -0.3 is 9.63 Å². The summed E-state index contributed by atoms with van der Waals surface area (Å²) in [5, 5.41) is 12.5. The van der Waals surface area contributed by atoms with E-state index in [-0.39, 0.29) is 12.8 Å². The van der Waals surface area contributed by atoms with Crippen LogP contribution < -0.4 is 0 Å². The van der Waals surface area contributed by atoms with Gasteiger partial charge in [-0.25, -0.2) is 0 Å². The Hall–Kier alpha value is -2.17. The third-order valence-corrected chi connectivity index (χ3v) is 2.71. The summed E-state index contributed by atoms with van der Waals surface area (Å²) in [7, 11) is 0. The SMILES string of the molecule is Cc1cc(C)cc(Cc2noc(CCC(=O)O)n2)c1. The number of aromatic nitrogens is 2. The predicted molar refractivity (Wildman–Crippen MR) is 69.0 cm³/mol. The van der Waals surface area contributed by atoms with Gasteiger partial charge in [-0.1, -0.05) is 34.5 Å². The molecule has 0 aliphatic heterocycles. The maximum Gasteiger partial charge on any atom is 0.303 e. The Morgan fingerprint density at radius 1 is 1.26 bits per heavy atom. The third-order valence-electron chi connectivity index (χ3n) is 2.71. The fraction of sp³-hybridized carbons (Fsp3) is 0.357. The number of hydrogen-bond donors (Lipinski definition) is 1. The molecule has 5 heteroatoms. The average molecular weight is 260 g/mol. The van der Waals surface area contributed by atoms with Gasteiger partial charge in [0.1, 0.15) is 0 Å². The number of hydrogen-bond acceptors (Lipinski definition) is 4. The van der Waals surface area contributed by atoms with E-state index < -0.39 is 5.97 Å². The highest BCUT2D eigenvalue weighted by Gasteiger charge is 2.09. The van der Waals surface area contributed by atoms with Crippen LogP contribution in [-0.4, -0.2) is 21.2 Å². The molecule has 0 bridgehead atoms. The smallest absolute Gasteiger partial charge is 0.303 e. The Kier molecular flexibility index (Phi) is 3.94. The maximum absolute atomic E-state index is 10.5. The van der Waals surface area contributed by atoms with Crippen LogP contribution in [0, 0.1) is 13.8 Å². The maximum atomic E-state index is 10.5. The molecule has 100 valence electrons. The van der Waals surface area contributed by atoms with E-state index in [0.717, 1.165) is 5.56 Å². The number of rotatable bonds is 5. The van der Waals surface area contributed by atoms with Crippen molar-refractivity contribution in [2.45, 2.75) is 33.1 Å². The molecule has 0 aliphatic rings. The Balaban J connectivity index is 2.05. The van der Waals surface area contributed by atoms with Gasteiger partial charge in [0.15, 0.2) is 5.82 Å². The topological polar surface area (TPSA) is 76.2 Å². The van der Waals surface area contributed by atoms with Gasteiger partial charge in [0.05, 0.1) is 6.42 Å². The second-order valence-corrected chi connectivity index (χ2v) is 4.67. The van der Waals surface area contributed by atoms with Gasteiger partial charge in [0.25, 0.3) is 0 Å². The standard InChI is InChI=1S/C14H16N2O3/c1-9-5-10(2)7-11(6-9)8-12-15-13(19-16-12)3-4-14(17)18/h5-7H,3-4,8H2,1-2H3,(H,17,18). The largest absolute Gasteiger partial charge is 0.481 e. The zero-order chi connectivity index (χ0) is 13.8. The fourth-order valence-corrected chi connectivity index (χ4v) is 2.03. The van der Waals surface area contributed by atoms with Crippen LogP contribution in [0.2, 0.25) is 0 Å². The van der Waals surface area contributed by atoms with Gasteiger partial charge >= 0.3 is 5.97 Å². The van der Waals surface area contributed by atoms with Gasteiger partial charge in [0, 0.05) is 12.8 Å². The van der Waals surface area contributed by atoms with Crippen molar-refractivity contribution in [2.24, 2.45) is 0 Å². The molecule has 0 radical (unpaired) electrons. The van der Waals surface area contributed by atoms with Crippen molar-refractivity contribution in [2.75, 3.05) is 0 Å². The van der Waals surface area contributed by atoms with Gasteiger partial charge in [-0.2, -0.15) is 4.98 Å². The first kappa shape index (κ1) is 13.3. The van der Waals surface area contributed by atoms with Gasteiger partial charge in [-0.15, -0.1) is 0 Å². The lowest BCUT2D eigenvalue weighted by Gasteiger charge is -2.01. The molecule has 0 aliphatic carbocycles. The van der Waals surface area contributed by atoms with Crippen molar-refractivity contribution < 1.29 is 14.4 Å². The highest BCUT2D eigenvalue weighted by molar-refractivity contribution is 5.66. The van der Waals surface area contributed by atoms with Gasteiger partial charge in [0.2, 0.25) is 5.89 Å². The summed E-state index contributed by atoms with van der Waals surface area (Å²) in [6.07, 6.45) is 0.874. The molecule has 0 saturated heterocycles. The lowest BCUT2D eigenvalue weighted by Crippen LogP contribution is -1.98. The number of carbonyl (C=O) groups is 1. The number of aryl methyl sites for hydroxylation is 3. The van der Waals surface area contributed by atoms with E-state index in [4.69, 9.17) is 9.63 Å². The first-order valence-corrected chi connectivity index (χ1v) is 6.13. The Morgan fingerprint density at radius 3 is 2.58 bits per heavy atom. The molecule has 19 heavy (non-hydrogen) atoms. The first-order chi connectivity index (χ1) is 9.02. The first-order valence-electron chi connectivity index (χ1n) is 6.13. The summed E-state index contributed by atoms with van der Waals surface area (Å²) in [4.78, 5) is 14.7. The molecule has 1 N–H and O–H groups in total. The van der Waals surface area contributed by atoms with E-state index in [1.807, 2.05) is 13.8 Å². The molecule has 1 aromatic carbocycles. The van der Waals surface area contributed by atoms with Crippen LogP contribution in [-0.2, 0) is 17.6 Å². The van der Waals surface area contributed by atoms with E-state index in [9.17, 15) is 4.79 Å². The van der Waals surface area contributed by atoms with Crippen LogP contribution >= 0.6 is 0 Å². The number of nitrogens with zero attached hydrogens (tertiary/aromatic N) is 2. The van der Waals surface area contributed by atoms with E-state index in [1.165, 1.54) is 11.1 Å². The number of carboxylic acids is 1. The molecule has 0 atom stereocenters. The van der Waals surface area contributed by atoms with Crippen LogP contribution in [0.3, 0.4) is 0 Å². The summed E-state index contributed by atoms with van der Waals surface area (Å²) < 4.78 is 5.02. The summed E-state index contributed by atoms with van der Waals surface area (Å²) >= 11 is 0. The van der Waals surface area contributed by atoms with Crippen LogP contribution in [0.25, 0.3) is 0 Å². The van der Waals surface area contributed by atoms with Gasteiger partial charge in [-0.05, 0) is 19.4 Å². The Labute approximate surface area is 111 Å². The Bertz CT molecular complexity index is 570. The highest BCUT2D eigenvalue weighted by Crippen LogP contribution is 2.12. The van der Waals surface area contributed by atoms with Crippen molar-refractivity contribution in [3.63, 3.8) is 0 Å². The molecule has 1 heterocycles. The summed E-state index contributed by atoms with van der Waals surface area (Å²) in [5.41, 5.74) is 3.53.